The predicted octanol–water partition coefficient (Wildman–Crippen LogP) is 0.116. The molecule has 5 N–H and O–H groups in total. The van der Waals surface area contributed by atoms with E-state index in [0.717, 1.165) is 0 Å². The largest absolute Gasteiger partial charge is 0.421 e. The zero-order valence-electron chi connectivity index (χ0n) is 9.71. The Morgan fingerprint density at radius 2 is 1.79 bits per heavy atom. The van der Waals surface area contributed by atoms with Gasteiger partial charge >= 0.3 is 0 Å². The molecule has 1 unspecified atom stereocenters. The van der Waals surface area contributed by atoms with Crippen molar-refractivity contribution in [3.8, 4) is 0 Å². The Morgan fingerprint density at radius 1 is 1.16 bits per heavy atom. The quantitative estimate of drug-likeness (QED) is 0.685. The number of oxazole rings is 1. The highest BCUT2D eigenvalue weighted by atomic mass is 31.0. The van der Waals surface area contributed by atoms with Crippen LogP contribution in [-0.2, 0) is 0 Å². The summed E-state index contributed by atoms with van der Waals surface area (Å²) in [4.78, 5) is 25.9. The number of nitrogens with zero attached hydrogens (tertiary/aromatic N) is 1. The van der Waals surface area contributed by atoms with Gasteiger partial charge in [-0.1, -0.05) is 0 Å². The molecule has 0 fully saturated rings. The van der Waals surface area contributed by atoms with E-state index in [9.17, 15) is 9.59 Å². The van der Waals surface area contributed by atoms with Gasteiger partial charge in [0.15, 0.2) is 5.69 Å². The maximum atomic E-state index is 11.2. The summed E-state index contributed by atoms with van der Waals surface area (Å²) in [5.41, 5.74) is 11.5. The minimum Gasteiger partial charge on any atom is -0.421 e. The fraction of sp³-hybridized carbons (Fsp3) is 0. The Morgan fingerprint density at radius 3 is 2.32 bits per heavy atom. The number of anilines is 2. The molecule has 0 spiro atoms. The highest BCUT2D eigenvalue weighted by Crippen LogP contribution is 2.20. The van der Waals surface area contributed by atoms with Crippen molar-refractivity contribution >= 4 is 38.3 Å². The van der Waals surface area contributed by atoms with Crippen molar-refractivity contribution < 1.29 is 14.0 Å². The lowest BCUT2D eigenvalue weighted by molar-refractivity contribution is 0.0990. The summed E-state index contributed by atoms with van der Waals surface area (Å²) in [6, 6.07) is 6.34. The standard InChI is InChI=1S/C11H11N4O3P/c12-8(16)5-1-3-6(4-2-5)14-10-7(9(13)17)15-11(19)18-10/h1-4,14H,19H2,(H2,12,16)(H2,13,17). The molecule has 2 rings (SSSR count). The molecular weight excluding hydrogens is 267 g/mol. The maximum absolute atomic E-state index is 11.2. The Kier molecular flexibility index (Phi) is 3.48. The number of hydrogen-bond donors (Lipinski definition) is 3. The average molecular weight is 278 g/mol. The van der Waals surface area contributed by atoms with Gasteiger partial charge in [0.05, 0.1) is 0 Å². The van der Waals surface area contributed by atoms with E-state index in [2.05, 4.69) is 19.5 Å². The molecule has 0 radical (unpaired) electrons. The Balaban J connectivity index is 2.26. The number of rotatable bonds is 4. The van der Waals surface area contributed by atoms with Gasteiger partial charge in [0.25, 0.3) is 5.91 Å². The first-order valence-corrected chi connectivity index (χ1v) is 5.78. The van der Waals surface area contributed by atoms with Gasteiger partial charge in [-0.05, 0) is 33.5 Å². The summed E-state index contributed by atoms with van der Waals surface area (Å²) in [7, 11) is 2.23. The Bertz CT molecular complexity index is 636. The van der Waals surface area contributed by atoms with Gasteiger partial charge in [0.1, 0.15) is 0 Å². The van der Waals surface area contributed by atoms with E-state index in [-0.39, 0.29) is 17.2 Å². The van der Waals surface area contributed by atoms with Gasteiger partial charge in [-0.2, -0.15) is 0 Å². The van der Waals surface area contributed by atoms with Crippen LogP contribution < -0.4 is 22.4 Å². The number of primary amides is 2. The van der Waals surface area contributed by atoms with Crippen molar-refractivity contribution in [2.24, 2.45) is 11.5 Å². The SMILES string of the molecule is NC(=O)c1ccc(Nc2oc(P)nc2C(N)=O)cc1. The van der Waals surface area contributed by atoms with Crippen LogP contribution >= 0.6 is 9.24 Å². The highest BCUT2D eigenvalue weighted by Gasteiger charge is 2.16. The van der Waals surface area contributed by atoms with E-state index in [0.29, 0.717) is 11.3 Å². The summed E-state index contributed by atoms with van der Waals surface area (Å²) < 4.78 is 5.21. The fourth-order valence-electron chi connectivity index (χ4n) is 1.44. The summed E-state index contributed by atoms with van der Waals surface area (Å²) in [6.07, 6.45) is 0. The molecule has 0 aliphatic heterocycles. The first-order valence-electron chi connectivity index (χ1n) is 5.20. The summed E-state index contributed by atoms with van der Waals surface area (Å²) in [6.45, 7) is 0. The second kappa shape index (κ2) is 5.07. The lowest BCUT2D eigenvalue weighted by Gasteiger charge is -2.04. The number of benzene rings is 1. The van der Waals surface area contributed by atoms with Gasteiger partial charge < -0.3 is 21.2 Å². The minimum atomic E-state index is -0.700. The van der Waals surface area contributed by atoms with Gasteiger partial charge in [-0.3, -0.25) is 9.59 Å². The van der Waals surface area contributed by atoms with Crippen LogP contribution in [0.25, 0.3) is 0 Å². The molecule has 1 aromatic heterocycles. The van der Waals surface area contributed by atoms with E-state index in [4.69, 9.17) is 15.9 Å². The first kappa shape index (κ1) is 13.0. The van der Waals surface area contributed by atoms with E-state index < -0.39 is 11.8 Å². The molecule has 0 saturated heterocycles. The molecule has 7 nitrogen and oxygen atoms in total. The van der Waals surface area contributed by atoms with Gasteiger partial charge in [-0.15, -0.1) is 0 Å². The maximum Gasteiger partial charge on any atom is 0.273 e. The molecule has 1 heterocycles. The third kappa shape index (κ3) is 2.89. The van der Waals surface area contributed by atoms with Crippen molar-refractivity contribution in [2.45, 2.75) is 0 Å². The zero-order chi connectivity index (χ0) is 14.0. The number of amides is 2. The van der Waals surface area contributed by atoms with Gasteiger partial charge in [-0.25, -0.2) is 4.98 Å². The minimum absolute atomic E-state index is 0.00368. The number of nitrogens with two attached hydrogens (primary N) is 2. The lowest BCUT2D eigenvalue weighted by atomic mass is 10.2. The van der Waals surface area contributed by atoms with Crippen LogP contribution in [-0.4, -0.2) is 16.8 Å². The molecule has 98 valence electrons. The van der Waals surface area contributed by atoms with Crippen LogP contribution in [0.4, 0.5) is 11.6 Å². The van der Waals surface area contributed by atoms with Crippen molar-refractivity contribution in [3.63, 3.8) is 0 Å². The van der Waals surface area contributed by atoms with E-state index >= 15 is 0 Å². The molecule has 0 bridgehead atoms. The molecule has 2 aromatic rings. The molecule has 1 atom stereocenters. The lowest BCUT2D eigenvalue weighted by Crippen LogP contribution is -2.14. The number of nitrogens with one attached hydrogen (secondary N) is 1. The van der Waals surface area contributed by atoms with Crippen LogP contribution in [0.3, 0.4) is 0 Å². The number of carbonyl (C=O) groups is 2. The number of hydrogen-bond acceptors (Lipinski definition) is 5. The predicted molar refractivity (Wildman–Crippen MR) is 72.6 cm³/mol. The zero-order valence-corrected chi connectivity index (χ0v) is 10.9. The van der Waals surface area contributed by atoms with E-state index in [1.807, 2.05) is 0 Å². The first-order chi connectivity index (χ1) is 8.97. The highest BCUT2D eigenvalue weighted by molar-refractivity contribution is 7.26. The monoisotopic (exact) mass is 278 g/mol. The van der Waals surface area contributed by atoms with Crippen LogP contribution in [0.5, 0.6) is 0 Å². The van der Waals surface area contributed by atoms with Crippen molar-refractivity contribution in [1.29, 1.82) is 0 Å². The van der Waals surface area contributed by atoms with Crippen LogP contribution in [0, 0.1) is 0 Å². The molecular formula is C11H11N4O3P. The smallest absolute Gasteiger partial charge is 0.273 e. The molecule has 0 saturated carbocycles. The molecule has 0 aliphatic rings. The van der Waals surface area contributed by atoms with E-state index in [1.54, 1.807) is 24.3 Å². The van der Waals surface area contributed by atoms with Crippen LogP contribution in [0.2, 0.25) is 0 Å². The summed E-state index contributed by atoms with van der Waals surface area (Å²) in [5, 5.41) is 2.85. The third-order valence-corrected chi connectivity index (χ3v) is 2.55. The number of carbonyl (C=O) groups excluding carboxylic acids is 2. The summed E-state index contributed by atoms with van der Waals surface area (Å²) >= 11 is 0. The summed E-state index contributed by atoms with van der Waals surface area (Å²) in [5.74, 6) is -1.07. The second-order valence-corrected chi connectivity index (χ2v) is 4.15. The molecule has 2 amide bonds. The van der Waals surface area contributed by atoms with Crippen molar-refractivity contribution in [2.75, 3.05) is 5.32 Å². The number of aromatic nitrogens is 1. The Hall–Kier alpha value is -2.40. The van der Waals surface area contributed by atoms with Crippen molar-refractivity contribution in [1.82, 2.24) is 4.98 Å². The fourth-order valence-corrected chi connectivity index (χ4v) is 1.68. The second-order valence-electron chi connectivity index (χ2n) is 3.66. The molecule has 8 heteroatoms. The topological polar surface area (TPSA) is 124 Å². The van der Waals surface area contributed by atoms with Gasteiger partial charge in [0.2, 0.25) is 17.4 Å². The average Bonchev–Trinajstić information content (AvgIpc) is 2.71. The third-order valence-electron chi connectivity index (χ3n) is 2.30. The molecule has 0 aliphatic carbocycles. The van der Waals surface area contributed by atoms with Crippen molar-refractivity contribution in [3.05, 3.63) is 35.5 Å². The molecule has 1 aromatic carbocycles. The van der Waals surface area contributed by atoms with Gasteiger partial charge in [0, 0.05) is 11.3 Å². The Labute approximate surface area is 110 Å². The van der Waals surface area contributed by atoms with E-state index in [1.165, 1.54) is 0 Å². The normalized spacial score (nSPS) is 10.2. The van der Waals surface area contributed by atoms with Crippen LogP contribution in [0.15, 0.2) is 28.7 Å². The van der Waals surface area contributed by atoms with Crippen LogP contribution in [0.1, 0.15) is 20.8 Å². The molecule has 19 heavy (non-hydrogen) atoms.